The van der Waals surface area contributed by atoms with Crippen LogP contribution in [0.25, 0.3) is 0 Å². The molecular formula is C15H26N2O. The van der Waals surface area contributed by atoms with E-state index in [1.807, 2.05) is 0 Å². The summed E-state index contributed by atoms with van der Waals surface area (Å²) < 4.78 is 0. The Morgan fingerprint density at radius 1 is 1.28 bits per heavy atom. The van der Waals surface area contributed by atoms with Gasteiger partial charge in [-0.1, -0.05) is 13.3 Å². The van der Waals surface area contributed by atoms with Gasteiger partial charge >= 0.3 is 0 Å². The largest absolute Gasteiger partial charge is 0.341 e. The zero-order chi connectivity index (χ0) is 12.6. The van der Waals surface area contributed by atoms with Crippen molar-refractivity contribution in [1.29, 1.82) is 0 Å². The maximum absolute atomic E-state index is 12.5. The number of hydrogen-bond acceptors (Lipinski definition) is 2. The third-order valence-electron chi connectivity index (χ3n) is 5.24. The third-order valence-corrected chi connectivity index (χ3v) is 5.24. The fourth-order valence-corrected chi connectivity index (χ4v) is 3.49. The first kappa shape index (κ1) is 12.5. The molecule has 1 unspecified atom stereocenters. The number of piperidine rings is 1. The summed E-state index contributed by atoms with van der Waals surface area (Å²) in [5, 5.41) is 3.52. The molecule has 0 aromatic rings. The number of rotatable bonds is 5. The number of nitrogens with one attached hydrogen (secondary N) is 1. The molecule has 0 bridgehead atoms. The van der Waals surface area contributed by atoms with E-state index in [1.165, 1.54) is 44.9 Å². The molecule has 102 valence electrons. The van der Waals surface area contributed by atoms with E-state index in [0.717, 1.165) is 19.5 Å². The Kier molecular flexibility index (Phi) is 3.35. The molecular weight excluding hydrogens is 224 g/mol. The second kappa shape index (κ2) is 4.84. The minimum absolute atomic E-state index is 0.125. The van der Waals surface area contributed by atoms with Gasteiger partial charge in [0.2, 0.25) is 5.91 Å². The molecule has 1 amide bonds. The molecule has 0 radical (unpaired) electrons. The van der Waals surface area contributed by atoms with Gasteiger partial charge in [0.25, 0.3) is 0 Å². The van der Waals surface area contributed by atoms with Crippen LogP contribution in [-0.2, 0) is 4.79 Å². The van der Waals surface area contributed by atoms with E-state index in [1.54, 1.807) is 0 Å². The molecule has 18 heavy (non-hydrogen) atoms. The first-order valence-corrected chi connectivity index (χ1v) is 7.77. The van der Waals surface area contributed by atoms with Crippen LogP contribution in [0.3, 0.4) is 0 Å². The summed E-state index contributed by atoms with van der Waals surface area (Å²) in [5.74, 6) is 0.382. The Balaban J connectivity index is 1.58. The molecule has 0 spiro atoms. The van der Waals surface area contributed by atoms with Gasteiger partial charge in [-0.3, -0.25) is 4.79 Å². The first-order chi connectivity index (χ1) is 8.72. The van der Waals surface area contributed by atoms with Crippen LogP contribution in [0, 0.1) is 5.41 Å². The number of amides is 1. The molecule has 0 aromatic carbocycles. The molecule has 1 heterocycles. The van der Waals surface area contributed by atoms with E-state index in [0.29, 0.717) is 17.4 Å². The highest BCUT2D eigenvalue weighted by Gasteiger charge is 2.40. The van der Waals surface area contributed by atoms with Gasteiger partial charge < -0.3 is 10.2 Å². The highest BCUT2D eigenvalue weighted by atomic mass is 16.2. The summed E-state index contributed by atoms with van der Waals surface area (Å²) in [6, 6.07) is 0.767. The van der Waals surface area contributed by atoms with E-state index in [-0.39, 0.29) is 6.04 Å². The monoisotopic (exact) mass is 250 g/mol. The Hall–Kier alpha value is -0.570. The predicted octanol–water partition coefficient (Wildman–Crippen LogP) is 2.31. The molecule has 1 saturated heterocycles. The van der Waals surface area contributed by atoms with Crippen LogP contribution in [0.15, 0.2) is 0 Å². The standard InChI is InChI=1S/C15H26N2O/c1-2-15(8-4-9-15)11-17-10-3-5-13(14(17)18)16-12-6-7-12/h12-13,16H,2-11H2,1H3. The topological polar surface area (TPSA) is 32.3 Å². The van der Waals surface area contributed by atoms with Crippen LogP contribution in [-0.4, -0.2) is 36.0 Å². The van der Waals surface area contributed by atoms with Crippen LogP contribution in [0.4, 0.5) is 0 Å². The van der Waals surface area contributed by atoms with Crippen LogP contribution in [0.5, 0.6) is 0 Å². The van der Waals surface area contributed by atoms with Crippen molar-refractivity contribution in [2.75, 3.05) is 13.1 Å². The summed E-state index contributed by atoms with van der Waals surface area (Å²) in [6.45, 7) is 4.29. The summed E-state index contributed by atoms with van der Waals surface area (Å²) in [5.41, 5.74) is 0.469. The molecule has 3 aliphatic rings. The minimum Gasteiger partial charge on any atom is -0.341 e. The van der Waals surface area contributed by atoms with Crippen molar-refractivity contribution in [1.82, 2.24) is 10.2 Å². The highest BCUT2D eigenvalue weighted by Crippen LogP contribution is 2.44. The summed E-state index contributed by atoms with van der Waals surface area (Å²) >= 11 is 0. The zero-order valence-corrected chi connectivity index (χ0v) is 11.6. The predicted molar refractivity (Wildman–Crippen MR) is 72.3 cm³/mol. The van der Waals surface area contributed by atoms with Gasteiger partial charge in [-0.15, -0.1) is 0 Å². The normalized spacial score (nSPS) is 31.3. The van der Waals surface area contributed by atoms with Crippen molar-refractivity contribution < 1.29 is 4.79 Å². The van der Waals surface area contributed by atoms with E-state index in [4.69, 9.17) is 0 Å². The average Bonchev–Trinajstić information content (AvgIpc) is 3.12. The highest BCUT2D eigenvalue weighted by molar-refractivity contribution is 5.82. The van der Waals surface area contributed by atoms with Gasteiger partial charge in [0.1, 0.15) is 0 Å². The van der Waals surface area contributed by atoms with Gasteiger partial charge in [-0.25, -0.2) is 0 Å². The second-order valence-corrected chi connectivity index (χ2v) is 6.60. The van der Waals surface area contributed by atoms with Crippen LogP contribution in [0.1, 0.15) is 58.3 Å². The summed E-state index contributed by atoms with van der Waals surface area (Å²) in [4.78, 5) is 14.6. The lowest BCUT2D eigenvalue weighted by atomic mass is 9.66. The second-order valence-electron chi connectivity index (χ2n) is 6.60. The SMILES string of the molecule is CCC1(CN2CCCC(NC3CC3)C2=O)CCC1. The molecule has 2 aliphatic carbocycles. The van der Waals surface area contributed by atoms with E-state index in [2.05, 4.69) is 17.1 Å². The van der Waals surface area contributed by atoms with Gasteiger partial charge in [-0.2, -0.15) is 0 Å². The van der Waals surface area contributed by atoms with Crippen LogP contribution < -0.4 is 5.32 Å². The molecule has 3 heteroatoms. The van der Waals surface area contributed by atoms with Gasteiger partial charge in [-0.05, 0) is 50.4 Å². The number of likely N-dealkylation sites (tertiary alicyclic amines) is 1. The maximum Gasteiger partial charge on any atom is 0.239 e. The van der Waals surface area contributed by atoms with Crippen molar-refractivity contribution in [3.8, 4) is 0 Å². The van der Waals surface area contributed by atoms with Gasteiger partial charge in [0, 0.05) is 19.1 Å². The molecule has 3 rings (SSSR count). The number of carbonyl (C=O) groups is 1. The Morgan fingerprint density at radius 2 is 2.06 bits per heavy atom. The van der Waals surface area contributed by atoms with Crippen molar-refractivity contribution in [3.63, 3.8) is 0 Å². The van der Waals surface area contributed by atoms with E-state index >= 15 is 0 Å². The summed E-state index contributed by atoms with van der Waals surface area (Å²) in [7, 11) is 0. The zero-order valence-electron chi connectivity index (χ0n) is 11.6. The quantitative estimate of drug-likeness (QED) is 0.812. The van der Waals surface area contributed by atoms with Crippen molar-refractivity contribution in [2.24, 2.45) is 5.41 Å². The van der Waals surface area contributed by atoms with Gasteiger partial charge in [0.15, 0.2) is 0 Å². The molecule has 1 aliphatic heterocycles. The number of nitrogens with zero attached hydrogens (tertiary/aromatic N) is 1. The number of carbonyl (C=O) groups excluding carboxylic acids is 1. The minimum atomic E-state index is 0.125. The van der Waals surface area contributed by atoms with Crippen molar-refractivity contribution in [2.45, 2.75) is 70.4 Å². The smallest absolute Gasteiger partial charge is 0.239 e. The van der Waals surface area contributed by atoms with Crippen molar-refractivity contribution in [3.05, 3.63) is 0 Å². The molecule has 1 N–H and O–H groups in total. The molecule has 3 fully saturated rings. The first-order valence-electron chi connectivity index (χ1n) is 7.77. The molecule has 2 saturated carbocycles. The lowest BCUT2D eigenvalue weighted by Gasteiger charge is -2.46. The molecule has 0 aromatic heterocycles. The van der Waals surface area contributed by atoms with Crippen LogP contribution >= 0.6 is 0 Å². The fraction of sp³-hybridized carbons (Fsp3) is 0.933. The Labute approximate surface area is 110 Å². The van der Waals surface area contributed by atoms with Gasteiger partial charge in [0.05, 0.1) is 6.04 Å². The van der Waals surface area contributed by atoms with Crippen LogP contribution in [0.2, 0.25) is 0 Å². The van der Waals surface area contributed by atoms with E-state index in [9.17, 15) is 4.79 Å². The Bertz CT molecular complexity index is 315. The third kappa shape index (κ3) is 2.42. The maximum atomic E-state index is 12.5. The Morgan fingerprint density at radius 3 is 2.61 bits per heavy atom. The number of hydrogen-bond donors (Lipinski definition) is 1. The lowest BCUT2D eigenvalue weighted by Crippen LogP contribution is -2.54. The van der Waals surface area contributed by atoms with E-state index < -0.39 is 0 Å². The fourth-order valence-electron chi connectivity index (χ4n) is 3.49. The summed E-state index contributed by atoms with van der Waals surface area (Å²) in [6.07, 6.45) is 10.0. The molecule has 3 nitrogen and oxygen atoms in total. The average molecular weight is 250 g/mol. The lowest BCUT2D eigenvalue weighted by molar-refractivity contribution is -0.139. The molecule has 1 atom stereocenters. The van der Waals surface area contributed by atoms with Crippen molar-refractivity contribution >= 4 is 5.91 Å².